The number of allylic oxidation sites excluding steroid dienone is 4. The second-order valence-electron chi connectivity index (χ2n) is 17.0. The molecule has 1 unspecified atom stereocenters. The van der Waals surface area contributed by atoms with Crippen molar-refractivity contribution in [1.29, 1.82) is 0 Å². The van der Waals surface area contributed by atoms with E-state index in [0.29, 0.717) is 43.2 Å². The molecule has 300 valence electrons. The minimum atomic E-state index is -4.89. The number of halogens is 5. The number of nitrogens with zero attached hydrogens (tertiary/aromatic N) is 1. The fraction of sp³-hybridized carbons (Fsp3) is 0.500. The van der Waals surface area contributed by atoms with Crippen molar-refractivity contribution in [3.63, 3.8) is 0 Å². The molecule has 6 aliphatic rings. The molecule has 0 aliphatic heterocycles. The van der Waals surface area contributed by atoms with Crippen molar-refractivity contribution in [2.45, 2.75) is 94.0 Å². The molecule has 8 atom stereocenters. The number of ketones is 1. The molecule has 0 amide bonds. The van der Waals surface area contributed by atoms with E-state index in [9.17, 15) is 36.6 Å². The molecule has 1 heterocycles. The lowest BCUT2D eigenvalue weighted by molar-refractivity contribution is -0.274. The van der Waals surface area contributed by atoms with Crippen LogP contribution in [0, 0.1) is 39.3 Å². The molecule has 14 heteroatoms. The number of aliphatic hydroxyl groups excluding tert-OH is 1. The van der Waals surface area contributed by atoms with E-state index in [1.165, 1.54) is 34.6 Å². The van der Waals surface area contributed by atoms with Crippen molar-refractivity contribution in [3.8, 4) is 5.75 Å². The van der Waals surface area contributed by atoms with Crippen LogP contribution < -0.4 is 4.74 Å². The molecule has 1 aromatic heterocycles. The van der Waals surface area contributed by atoms with E-state index in [2.05, 4.69) is 23.8 Å². The standard InChI is InChI=1S/C42H44ClF4NO6S2/c1-37-15-12-27(49)22-39(37)18-19-41(30(23-39)33(50)21-29-31(43)5-3-6-32(29)44)34(37)13-16-38(2)35(41)14-17-40(38,51)25-48(56(52,53)36-7-4-20-55-36)24-26-8-10-28(11-9-26)54-42(45,46)47/h3-11,18-20,23,27,34-35,49,51H,12-17,21-22,24-25H2,1-2H3/t27?,34-,35-,37-,38+,39+,40-,41-/m1/s1. The zero-order valence-corrected chi connectivity index (χ0v) is 33.4. The SMILES string of the molecule is C[C@]12CC[C@H]3[C@]4(C=C[C@@]5(C=C4C(=O)Cc4c(F)cccc4Cl)CC(O)CC[C@]35C)[C@@H]1CC[C@@]2(O)CN(Cc1ccc(OC(F)(F)F)cc1)S(=O)(=O)c1cccs1. The van der Waals surface area contributed by atoms with Gasteiger partial charge >= 0.3 is 6.36 Å². The van der Waals surface area contributed by atoms with Crippen LogP contribution in [0.2, 0.25) is 5.02 Å². The Balaban J connectivity index is 1.19. The van der Waals surface area contributed by atoms with Crippen LogP contribution in [-0.2, 0) is 27.8 Å². The summed E-state index contributed by atoms with van der Waals surface area (Å²) in [5.74, 6) is -1.65. The summed E-state index contributed by atoms with van der Waals surface area (Å²) in [6.45, 7) is 3.72. The number of rotatable bonds is 10. The van der Waals surface area contributed by atoms with E-state index in [1.807, 2.05) is 13.0 Å². The van der Waals surface area contributed by atoms with Gasteiger partial charge in [0.15, 0.2) is 5.78 Å². The van der Waals surface area contributed by atoms with Crippen molar-refractivity contribution >= 4 is 38.7 Å². The number of aliphatic hydroxyl groups is 2. The van der Waals surface area contributed by atoms with Gasteiger partial charge in [0.2, 0.25) is 0 Å². The number of sulfonamides is 1. The zero-order chi connectivity index (χ0) is 40.1. The van der Waals surface area contributed by atoms with E-state index in [1.54, 1.807) is 17.5 Å². The average Bonchev–Trinajstić information content (AvgIpc) is 3.77. The maximum Gasteiger partial charge on any atom is 0.573 e. The minimum absolute atomic E-state index is 0.0450. The molecule has 0 radical (unpaired) electrons. The lowest BCUT2D eigenvalue weighted by Gasteiger charge is -2.71. The topological polar surface area (TPSA) is 104 Å². The predicted octanol–water partition coefficient (Wildman–Crippen LogP) is 9.03. The highest BCUT2D eigenvalue weighted by molar-refractivity contribution is 7.91. The normalized spacial score (nSPS) is 34.8. The number of hydrogen-bond donors (Lipinski definition) is 2. The number of fused-ring (bicyclic) bond motifs is 1. The van der Waals surface area contributed by atoms with Crippen LogP contribution in [0.15, 0.2) is 88.0 Å². The number of hydrogen-bond acceptors (Lipinski definition) is 7. The van der Waals surface area contributed by atoms with Gasteiger partial charge in [0, 0.05) is 51.9 Å². The molecule has 6 aliphatic carbocycles. The highest BCUT2D eigenvalue weighted by Gasteiger charge is 2.74. The Bertz CT molecular complexity index is 2190. The maximum absolute atomic E-state index is 15.2. The minimum Gasteiger partial charge on any atom is -0.406 e. The van der Waals surface area contributed by atoms with Gasteiger partial charge in [0.25, 0.3) is 10.0 Å². The van der Waals surface area contributed by atoms with Gasteiger partial charge < -0.3 is 14.9 Å². The zero-order valence-electron chi connectivity index (χ0n) is 31.0. The van der Waals surface area contributed by atoms with Crippen LogP contribution in [0.1, 0.15) is 69.9 Å². The van der Waals surface area contributed by atoms with E-state index in [4.69, 9.17) is 11.6 Å². The third kappa shape index (κ3) is 6.04. The Kier molecular flexibility index (Phi) is 9.57. The summed E-state index contributed by atoms with van der Waals surface area (Å²) < 4.78 is 87.8. The number of carbonyl (C=O) groups is 1. The average molecular weight is 834 g/mol. The largest absolute Gasteiger partial charge is 0.573 e. The van der Waals surface area contributed by atoms with Crippen LogP contribution in [0.5, 0.6) is 5.75 Å². The highest BCUT2D eigenvalue weighted by atomic mass is 35.5. The van der Waals surface area contributed by atoms with Gasteiger partial charge in [-0.15, -0.1) is 24.5 Å². The molecule has 2 N–H and O–H groups in total. The Morgan fingerprint density at radius 3 is 2.36 bits per heavy atom. The van der Waals surface area contributed by atoms with E-state index in [-0.39, 0.29) is 63.8 Å². The fourth-order valence-electron chi connectivity index (χ4n) is 11.7. The number of carbonyl (C=O) groups excluding carboxylic acids is 1. The van der Waals surface area contributed by atoms with Crippen molar-refractivity contribution in [2.75, 3.05) is 6.54 Å². The second-order valence-corrected chi connectivity index (χ2v) is 20.5. The molecular formula is C42H44ClF4NO6S2. The monoisotopic (exact) mass is 833 g/mol. The lowest BCUT2D eigenvalue weighted by atomic mass is 9.32. The summed E-state index contributed by atoms with van der Waals surface area (Å²) in [6.07, 6.45) is 4.28. The molecule has 3 aromatic rings. The van der Waals surface area contributed by atoms with E-state index in [0.717, 1.165) is 29.9 Å². The highest BCUT2D eigenvalue weighted by Crippen LogP contribution is 2.78. The summed E-state index contributed by atoms with van der Waals surface area (Å²) >= 11 is 7.47. The molecule has 7 nitrogen and oxygen atoms in total. The van der Waals surface area contributed by atoms with Crippen molar-refractivity contribution in [3.05, 3.63) is 106 Å². The quantitative estimate of drug-likeness (QED) is 0.156. The molecule has 2 bridgehead atoms. The van der Waals surface area contributed by atoms with Crippen molar-refractivity contribution in [1.82, 2.24) is 4.31 Å². The molecule has 0 saturated heterocycles. The molecule has 56 heavy (non-hydrogen) atoms. The molecule has 2 spiro atoms. The Labute approximate surface area is 333 Å². The van der Waals surface area contributed by atoms with Crippen LogP contribution in [0.25, 0.3) is 0 Å². The first-order chi connectivity index (χ1) is 26.3. The first-order valence-electron chi connectivity index (χ1n) is 19.0. The number of alkyl halides is 3. The van der Waals surface area contributed by atoms with Gasteiger partial charge in [-0.3, -0.25) is 4.79 Å². The van der Waals surface area contributed by atoms with E-state index >= 15 is 4.39 Å². The van der Waals surface area contributed by atoms with Crippen LogP contribution in [-0.4, -0.2) is 53.3 Å². The van der Waals surface area contributed by atoms with Gasteiger partial charge in [-0.1, -0.05) is 67.9 Å². The maximum atomic E-state index is 15.2. The lowest BCUT2D eigenvalue weighted by Crippen LogP contribution is -2.67. The first-order valence-corrected chi connectivity index (χ1v) is 21.7. The second kappa shape index (κ2) is 13.5. The van der Waals surface area contributed by atoms with Crippen LogP contribution >= 0.6 is 22.9 Å². The fourth-order valence-corrected chi connectivity index (χ4v) is 14.5. The van der Waals surface area contributed by atoms with Crippen molar-refractivity contribution < 1.29 is 45.7 Å². The molecule has 9 rings (SSSR count). The van der Waals surface area contributed by atoms with Gasteiger partial charge in [0.05, 0.1) is 11.7 Å². The number of Topliss-reactive ketones (excluding diaryl/α,β-unsaturated/α-hetero) is 1. The number of benzene rings is 2. The van der Waals surface area contributed by atoms with Gasteiger partial charge in [-0.2, -0.15) is 4.31 Å². The Hall–Kier alpha value is -3.07. The first kappa shape index (κ1) is 39.7. The van der Waals surface area contributed by atoms with Gasteiger partial charge in [-0.25, -0.2) is 12.8 Å². The summed E-state index contributed by atoms with van der Waals surface area (Å²) in [5, 5.41) is 25.8. The van der Waals surface area contributed by atoms with Crippen LogP contribution in [0.3, 0.4) is 0 Å². The summed E-state index contributed by atoms with van der Waals surface area (Å²) in [7, 11) is -4.19. The van der Waals surface area contributed by atoms with Crippen LogP contribution in [0.4, 0.5) is 17.6 Å². The molecule has 3 saturated carbocycles. The third-order valence-corrected chi connectivity index (χ3v) is 18.0. The number of thiophene rings is 1. The molecule has 2 aromatic carbocycles. The molecule has 3 fully saturated rings. The summed E-state index contributed by atoms with van der Waals surface area (Å²) in [4.78, 5) is 14.8. The van der Waals surface area contributed by atoms with E-state index < -0.39 is 55.9 Å². The summed E-state index contributed by atoms with van der Waals surface area (Å²) in [6, 6.07) is 12.4. The van der Waals surface area contributed by atoms with Gasteiger partial charge in [-0.05, 0) is 103 Å². The van der Waals surface area contributed by atoms with Crippen molar-refractivity contribution in [2.24, 2.45) is 33.5 Å². The Morgan fingerprint density at radius 1 is 0.982 bits per heavy atom. The Morgan fingerprint density at radius 2 is 1.68 bits per heavy atom. The smallest absolute Gasteiger partial charge is 0.406 e. The molecular weight excluding hydrogens is 790 g/mol. The van der Waals surface area contributed by atoms with Gasteiger partial charge in [0.1, 0.15) is 15.8 Å². The summed E-state index contributed by atoms with van der Waals surface area (Å²) in [5.41, 5.74) is -3.21. The third-order valence-electron chi connectivity index (χ3n) is 14.5. The number of ether oxygens (including phenoxy) is 1. The predicted molar refractivity (Wildman–Crippen MR) is 204 cm³/mol.